The fourth-order valence-corrected chi connectivity index (χ4v) is 2.25. The molecule has 1 aliphatic carbocycles. The molecule has 3 unspecified atom stereocenters. The van der Waals surface area contributed by atoms with Gasteiger partial charge < -0.3 is 19.6 Å². The molecule has 1 heterocycles. The second-order valence-electron chi connectivity index (χ2n) is 5.17. The number of ether oxygens (including phenoxy) is 1. The summed E-state index contributed by atoms with van der Waals surface area (Å²) in [5.74, 6) is 3.48. The molecule has 1 fully saturated rings. The molecule has 0 radical (unpaired) electrons. The van der Waals surface area contributed by atoms with Crippen LogP contribution >= 0.6 is 0 Å². The van der Waals surface area contributed by atoms with Crippen LogP contribution in [0.25, 0.3) is 0 Å². The van der Waals surface area contributed by atoms with Gasteiger partial charge in [-0.2, -0.15) is 0 Å². The van der Waals surface area contributed by atoms with E-state index in [0.29, 0.717) is 25.5 Å². The molecule has 0 aromatic carbocycles. The maximum absolute atomic E-state index is 8.96. The standard InChI is InChI=1S/C14H23NO3/c1-10-7-13(10)14-4-3-12(18-14)8-15-11(5-6-16)9-17-2/h3-4,10-11,13,15-16H,5-9H2,1-2H3. The van der Waals surface area contributed by atoms with Crippen LogP contribution in [0.5, 0.6) is 0 Å². The number of methoxy groups -OCH3 is 1. The summed E-state index contributed by atoms with van der Waals surface area (Å²) in [5.41, 5.74) is 0. The van der Waals surface area contributed by atoms with Crippen molar-refractivity contribution in [2.75, 3.05) is 20.3 Å². The van der Waals surface area contributed by atoms with Crippen LogP contribution in [-0.2, 0) is 11.3 Å². The van der Waals surface area contributed by atoms with Gasteiger partial charge in [-0.25, -0.2) is 0 Å². The van der Waals surface area contributed by atoms with Crippen LogP contribution < -0.4 is 5.32 Å². The van der Waals surface area contributed by atoms with Gasteiger partial charge >= 0.3 is 0 Å². The summed E-state index contributed by atoms with van der Waals surface area (Å²) in [5, 5.41) is 12.3. The largest absolute Gasteiger partial charge is 0.464 e. The van der Waals surface area contributed by atoms with Crippen molar-refractivity contribution in [3.05, 3.63) is 23.7 Å². The van der Waals surface area contributed by atoms with Crippen LogP contribution in [0.3, 0.4) is 0 Å². The summed E-state index contributed by atoms with van der Waals surface area (Å²) in [4.78, 5) is 0. The molecule has 1 saturated carbocycles. The van der Waals surface area contributed by atoms with Gasteiger partial charge in [-0.1, -0.05) is 6.92 Å². The van der Waals surface area contributed by atoms with Gasteiger partial charge in [-0.15, -0.1) is 0 Å². The van der Waals surface area contributed by atoms with Gasteiger partial charge in [0.05, 0.1) is 13.2 Å². The van der Waals surface area contributed by atoms with Gasteiger partial charge in [0.25, 0.3) is 0 Å². The third-order valence-electron chi connectivity index (χ3n) is 3.57. The highest BCUT2D eigenvalue weighted by Gasteiger charge is 2.36. The van der Waals surface area contributed by atoms with Crippen LogP contribution in [0.1, 0.15) is 37.2 Å². The second kappa shape index (κ2) is 6.36. The van der Waals surface area contributed by atoms with E-state index in [9.17, 15) is 0 Å². The van der Waals surface area contributed by atoms with E-state index in [1.54, 1.807) is 7.11 Å². The van der Waals surface area contributed by atoms with Crippen molar-refractivity contribution in [1.29, 1.82) is 0 Å². The van der Waals surface area contributed by atoms with Crippen molar-refractivity contribution in [3.63, 3.8) is 0 Å². The zero-order chi connectivity index (χ0) is 13.0. The summed E-state index contributed by atoms with van der Waals surface area (Å²) in [6, 6.07) is 4.30. The first kappa shape index (κ1) is 13.6. The number of furan rings is 1. The number of hydrogen-bond donors (Lipinski definition) is 2. The fraction of sp³-hybridized carbons (Fsp3) is 0.714. The molecule has 18 heavy (non-hydrogen) atoms. The minimum Gasteiger partial charge on any atom is -0.464 e. The Labute approximate surface area is 108 Å². The molecule has 102 valence electrons. The van der Waals surface area contributed by atoms with E-state index < -0.39 is 0 Å². The third kappa shape index (κ3) is 3.57. The number of rotatable bonds is 8. The Bertz CT molecular complexity index is 358. The van der Waals surface area contributed by atoms with Gasteiger partial charge in [-0.3, -0.25) is 0 Å². The quantitative estimate of drug-likeness (QED) is 0.743. The van der Waals surface area contributed by atoms with Crippen LogP contribution in [0, 0.1) is 5.92 Å². The lowest BCUT2D eigenvalue weighted by molar-refractivity contribution is 0.146. The Hall–Kier alpha value is -0.840. The first-order valence-electron chi connectivity index (χ1n) is 6.66. The SMILES string of the molecule is COCC(CCO)NCc1ccc(C2CC2C)o1. The number of aliphatic hydroxyl groups excluding tert-OH is 1. The van der Waals surface area contributed by atoms with Crippen LogP contribution in [-0.4, -0.2) is 31.5 Å². The zero-order valence-electron chi connectivity index (χ0n) is 11.2. The van der Waals surface area contributed by atoms with Crippen molar-refractivity contribution >= 4 is 0 Å². The average molecular weight is 253 g/mol. The van der Waals surface area contributed by atoms with Crippen molar-refractivity contribution in [2.45, 2.75) is 38.3 Å². The van der Waals surface area contributed by atoms with Gasteiger partial charge in [0, 0.05) is 25.7 Å². The van der Waals surface area contributed by atoms with Crippen molar-refractivity contribution in [1.82, 2.24) is 5.32 Å². The molecule has 3 atom stereocenters. The van der Waals surface area contributed by atoms with E-state index in [2.05, 4.69) is 18.3 Å². The number of hydrogen-bond acceptors (Lipinski definition) is 4. The molecule has 0 saturated heterocycles. The first-order valence-corrected chi connectivity index (χ1v) is 6.66. The predicted molar refractivity (Wildman–Crippen MR) is 69.4 cm³/mol. The first-order chi connectivity index (χ1) is 8.74. The van der Waals surface area contributed by atoms with Gasteiger partial charge in [0.15, 0.2) is 0 Å². The lowest BCUT2D eigenvalue weighted by Gasteiger charge is -2.15. The molecule has 2 rings (SSSR count). The third-order valence-corrected chi connectivity index (χ3v) is 3.57. The Morgan fingerprint density at radius 1 is 1.56 bits per heavy atom. The molecule has 4 nitrogen and oxygen atoms in total. The van der Waals surface area contributed by atoms with E-state index in [1.165, 1.54) is 6.42 Å². The van der Waals surface area contributed by atoms with E-state index >= 15 is 0 Å². The van der Waals surface area contributed by atoms with E-state index in [0.717, 1.165) is 17.4 Å². The topological polar surface area (TPSA) is 54.6 Å². The molecule has 2 N–H and O–H groups in total. The minimum atomic E-state index is 0.171. The number of nitrogens with one attached hydrogen (secondary N) is 1. The monoisotopic (exact) mass is 253 g/mol. The second-order valence-corrected chi connectivity index (χ2v) is 5.17. The van der Waals surface area contributed by atoms with E-state index in [-0.39, 0.29) is 12.6 Å². The van der Waals surface area contributed by atoms with Crippen LogP contribution in [0.2, 0.25) is 0 Å². The van der Waals surface area contributed by atoms with Crippen LogP contribution in [0.4, 0.5) is 0 Å². The van der Waals surface area contributed by atoms with Crippen molar-refractivity contribution in [2.24, 2.45) is 5.92 Å². The molecule has 4 heteroatoms. The predicted octanol–water partition coefficient (Wildman–Crippen LogP) is 1.89. The highest BCUT2D eigenvalue weighted by molar-refractivity contribution is 5.17. The zero-order valence-corrected chi connectivity index (χ0v) is 11.2. The Balaban J connectivity index is 1.79. The maximum Gasteiger partial charge on any atom is 0.117 e. The molecule has 1 aromatic heterocycles. The summed E-state index contributed by atoms with van der Waals surface area (Å²) >= 11 is 0. The normalized spacial score (nSPS) is 24.2. The highest BCUT2D eigenvalue weighted by atomic mass is 16.5. The minimum absolute atomic E-state index is 0.171. The molecular weight excluding hydrogens is 230 g/mol. The molecule has 0 bridgehead atoms. The lowest BCUT2D eigenvalue weighted by Crippen LogP contribution is -2.33. The summed E-state index contributed by atoms with van der Waals surface area (Å²) < 4.78 is 10.9. The lowest BCUT2D eigenvalue weighted by atomic mass is 10.2. The summed E-state index contributed by atoms with van der Waals surface area (Å²) in [7, 11) is 1.67. The molecule has 1 aromatic rings. The highest BCUT2D eigenvalue weighted by Crippen LogP contribution is 2.47. The van der Waals surface area contributed by atoms with E-state index in [4.69, 9.17) is 14.3 Å². The number of aliphatic hydroxyl groups is 1. The van der Waals surface area contributed by atoms with Crippen molar-refractivity contribution < 1.29 is 14.3 Å². The Kier molecular flexibility index (Phi) is 4.80. The Morgan fingerprint density at radius 3 is 2.94 bits per heavy atom. The van der Waals surface area contributed by atoms with Crippen LogP contribution in [0.15, 0.2) is 16.5 Å². The fourth-order valence-electron chi connectivity index (χ4n) is 2.25. The van der Waals surface area contributed by atoms with Gasteiger partial charge in [-0.05, 0) is 30.9 Å². The molecule has 0 spiro atoms. The smallest absolute Gasteiger partial charge is 0.117 e. The molecule has 0 amide bonds. The maximum atomic E-state index is 8.96. The molecule has 1 aliphatic rings. The molecular formula is C14H23NO3. The van der Waals surface area contributed by atoms with Gasteiger partial charge in [0.1, 0.15) is 11.5 Å². The molecule has 0 aliphatic heterocycles. The van der Waals surface area contributed by atoms with Crippen molar-refractivity contribution in [3.8, 4) is 0 Å². The van der Waals surface area contributed by atoms with E-state index in [1.807, 2.05) is 6.07 Å². The average Bonchev–Trinajstić information content (AvgIpc) is 2.91. The summed E-state index contributed by atoms with van der Waals surface area (Å²) in [6.07, 6.45) is 1.94. The Morgan fingerprint density at radius 2 is 2.33 bits per heavy atom. The summed E-state index contributed by atoms with van der Waals surface area (Å²) in [6.45, 7) is 3.72. The van der Waals surface area contributed by atoms with Gasteiger partial charge in [0.2, 0.25) is 0 Å².